The maximum absolute atomic E-state index is 12.0. The van der Waals surface area contributed by atoms with E-state index in [0.717, 1.165) is 45.3 Å². The number of piperazine rings is 1. The number of ether oxygens (including phenoxy) is 1. The average Bonchev–Trinajstić information content (AvgIpc) is 3.23. The highest BCUT2D eigenvalue weighted by Gasteiger charge is 2.42. The first kappa shape index (κ1) is 23.8. The van der Waals surface area contributed by atoms with Gasteiger partial charge >= 0.3 is 0 Å². The van der Waals surface area contributed by atoms with Gasteiger partial charge in [-0.05, 0) is 56.6 Å². The zero-order chi connectivity index (χ0) is 20.9. The quantitative estimate of drug-likeness (QED) is 0.562. The van der Waals surface area contributed by atoms with E-state index in [4.69, 9.17) is 4.74 Å². The van der Waals surface area contributed by atoms with Crippen LogP contribution in [0.5, 0.6) is 0 Å². The summed E-state index contributed by atoms with van der Waals surface area (Å²) in [5, 5.41) is 8.06. The molecule has 2 aliphatic heterocycles. The van der Waals surface area contributed by atoms with Gasteiger partial charge in [-0.25, -0.2) is 8.42 Å². The molecule has 0 bridgehead atoms. The molecule has 1 aliphatic carbocycles. The van der Waals surface area contributed by atoms with Crippen molar-refractivity contribution in [3.8, 4) is 0 Å². The maximum atomic E-state index is 12.0. The number of rotatable bonds is 9. The standard InChI is InChI=1S/C21H41N3O3S2/c1-4-5-12-24-19(16-8-10-18(11-9-16)29(3,25)26)15-23-21(27-2)20(24)22-14-17-7-6-13-28-17/h16-23H,4-15H2,1-3H3. The van der Waals surface area contributed by atoms with Crippen molar-refractivity contribution >= 4 is 21.6 Å². The SMILES string of the molecule is CCCCN1C(C2CCC(S(C)(=O)=O)CC2)CNC(OC)C1NCC1CCCS1. The lowest BCUT2D eigenvalue weighted by molar-refractivity contribution is -0.0837. The summed E-state index contributed by atoms with van der Waals surface area (Å²) in [7, 11) is -1.12. The summed E-state index contributed by atoms with van der Waals surface area (Å²) in [6, 6.07) is 0.446. The van der Waals surface area contributed by atoms with Gasteiger partial charge in [0.05, 0.1) is 5.25 Å². The predicted octanol–water partition coefficient (Wildman–Crippen LogP) is 2.45. The first-order chi connectivity index (χ1) is 13.9. The largest absolute Gasteiger partial charge is 0.363 e. The van der Waals surface area contributed by atoms with Gasteiger partial charge in [-0.1, -0.05) is 13.3 Å². The van der Waals surface area contributed by atoms with E-state index in [1.165, 1.54) is 37.7 Å². The van der Waals surface area contributed by atoms with Crippen molar-refractivity contribution in [2.75, 3.05) is 38.8 Å². The van der Waals surface area contributed by atoms with Crippen LogP contribution in [0, 0.1) is 5.92 Å². The van der Waals surface area contributed by atoms with Crippen molar-refractivity contribution in [1.29, 1.82) is 0 Å². The average molecular weight is 448 g/mol. The van der Waals surface area contributed by atoms with Crippen LogP contribution in [-0.4, -0.2) is 81.0 Å². The summed E-state index contributed by atoms with van der Waals surface area (Å²) in [6.45, 7) is 5.28. The Morgan fingerprint density at radius 1 is 1.21 bits per heavy atom. The molecule has 0 radical (unpaired) electrons. The fourth-order valence-electron chi connectivity index (χ4n) is 5.32. The normalized spacial score (nSPS) is 37.1. The Morgan fingerprint density at radius 3 is 2.55 bits per heavy atom. The second-order valence-electron chi connectivity index (χ2n) is 9.08. The van der Waals surface area contributed by atoms with E-state index in [-0.39, 0.29) is 17.6 Å². The lowest BCUT2D eigenvalue weighted by Crippen LogP contribution is -2.69. The molecule has 0 aromatic heterocycles. The van der Waals surface area contributed by atoms with E-state index in [1.54, 1.807) is 7.11 Å². The zero-order valence-electron chi connectivity index (χ0n) is 18.4. The third-order valence-corrected chi connectivity index (χ3v) is 10.1. The second kappa shape index (κ2) is 11.1. The minimum atomic E-state index is -2.91. The Morgan fingerprint density at radius 2 is 1.97 bits per heavy atom. The Balaban J connectivity index is 1.68. The second-order valence-corrected chi connectivity index (χ2v) is 12.8. The van der Waals surface area contributed by atoms with Gasteiger partial charge in [0.15, 0.2) is 0 Å². The number of thioether (sulfide) groups is 1. The van der Waals surface area contributed by atoms with E-state index in [9.17, 15) is 8.42 Å². The molecule has 4 unspecified atom stereocenters. The third-order valence-electron chi connectivity index (χ3n) is 7.07. The fraction of sp³-hybridized carbons (Fsp3) is 1.00. The monoisotopic (exact) mass is 447 g/mol. The zero-order valence-corrected chi connectivity index (χ0v) is 20.1. The van der Waals surface area contributed by atoms with Crippen molar-refractivity contribution in [2.45, 2.75) is 87.2 Å². The van der Waals surface area contributed by atoms with Crippen LogP contribution in [0.25, 0.3) is 0 Å². The van der Waals surface area contributed by atoms with Crippen molar-refractivity contribution < 1.29 is 13.2 Å². The van der Waals surface area contributed by atoms with E-state index in [1.807, 2.05) is 0 Å². The Bertz CT molecular complexity index is 590. The molecule has 2 heterocycles. The van der Waals surface area contributed by atoms with Crippen LogP contribution in [-0.2, 0) is 14.6 Å². The van der Waals surface area contributed by atoms with Crippen molar-refractivity contribution in [3.05, 3.63) is 0 Å². The lowest BCUT2D eigenvalue weighted by Gasteiger charge is -2.50. The van der Waals surface area contributed by atoms with Crippen LogP contribution >= 0.6 is 11.8 Å². The van der Waals surface area contributed by atoms with Gasteiger partial charge in [-0.15, -0.1) is 0 Å². The number of methoxy groups -OCH3 is 1. The van der Waals surface area contributed by atoms with Crippen LogP contribution in [0.2, 0.25) is 0 Å². The molecular formula is C21H41N3O3S2. The van der Waals surface area contributed by atoms with Gasteiger partial charge in [-0.3, -0.25) is 15.5 Å². The van der Waals surface area contributed by atoms with E-state index >= 15 is 0 Å². The van der Waals surface area contributed by atoms with Crippen molar-refractivity contribution in [2.24, 2.45) is 5.92 Å². The number of nitrogens with zero attached hydrogens (tertiary/aromatic N) is 1. The molecule has 2 saturated heterocycles. The number of hydrogen-bond donors (Lipinski definition) is 2. The Labute approximate surface area is 182 Å². The molecule has 6 nitrogen and oxygen atoms in total. The summed E-state index contributed by atoms with van der Waals surface area (Å²) < 4.78 is 29.8. The summed E-state index contributed by atoms with van der Waals surface area (Å²) >= 11 is 2.09. The molecule has 1 saturated carbocycles. The molecule has 0 amide bonds. The molecular weight excluding hydrogens is 406 g/mol. The van der Waals surface area contributed by atoms with Crippen LogP contribution in [0.15, 0.2) is 0 Å². The molecule has 2 N–H and O–H groups in total. The molecule has 3 aliphatic rings. The molecule has 0 aromatic carbocycles. The van der Waals surface area contributed by atoms with Gasteiger partial charge < -0.3 is 4.74 Å². The molecule has 3 fully saturated rings. The first-order valence-corrected chi connectivity index (χ1v) is 14.5. The fourth-order valence-corrected chi connectivity index (χ4v) is 7.67. The highest BCUT2D eigenvalue weighted by atomic mass is 32.2. The van der Waals surface area contributed by atoms with Crippen LogP contribution < -0.4 is 10.6 Å². The van der Waals surface area contributed by atoms with Crippen molar-refractivity contribution in [3.63, 3.8) is 0 Å². The summed E-state index contributed by atoms with van der Waals surface area (Å²) in [4.78, 5) is 2.65. The van der Waals surface area contributed by atoms with Crippen LogP contribution in [0.4, 0.5) is 0 Å². The highest BCUT2D eigenvalue weighted by molar-refractivity contribution is 8.00. The molecule has 0 aromatic rings. The smallest absolute Gasteiger partial charge is 0.150 e. The number of unbranched alkanes of at least 4 members (excludes halogenated alkanes) is 1. The first-order valence-electron chi connectivity index (χ1n) is 11.5. The number of hydrogen-bond acceptors (Lipinski definition) is 7. The predicted molar refractivity (Wildman–Crippen MR) is 122 cm³/mol. The summed E-state index contributed by atoms with van der Waals surface area (Å²) in [5.74, 6) is 1.84. The molecule has 0 spiro atoms. The molecule has 3 rings (SSSR count). The van der Waals surface area contributed by atoms with E-state index in [0.29, 0.717) is 17.2 Å². The van der Waals surface area contributed by atoms with E-state index < -0.39 is 9.84 Å². The van der Waals surface area contributed by atoms with Gasteiger partial charge in [0.25, 0.3) is 0 Å². The molecule has 8 heteroatoms. The third kappa shape index (κ3) is 6.32. The molecule has 170 valence electrons. The Kier molecular flexibility index (Phi) is 9.14. The van der Waals surface area contributed by atoms with Gasteiger partial charge in [0, 0.05) is 44.3 Å². The Hall–Kier alpha value is 0.140. The van der Waals surface area contributed by atoms with Crippen molar-refractivity contribution in [1.82, 2.24) is 15.5 Å². The number of nitrogens with one attached hydrogen (secondary N) is 2. The minimum Gasteiger partial charge on any atom is -0.363 e. The van der Waals surface area contributed by atoms with Crippen LogP contribution in [0.3, 0.4) is 0 Å². The lowest BCUT2D eigenvalue weighted by atomic mass is 9.81. The highest BCUT2D eigenvalue weighted by Crippen LogP contribution is 2.34. The summed E-state index contributed by atoms with van der Waals surface area (Å²) in [6.07, 6.45) is 10.2. The maximum Gasteiger partial charge on any atom is 0.150 e. The number of sulfone groups is 1. The van der Waals surface area contributed by atoms with Gasteiger partial charge in [0.1, 0.15) is 22.2 Å². The molecule has 29 heavy (non-hydrogen) atoms. The van der Waals surface area contributed by atoms with Crippen LogP contribution in [0.1, 0.15) is 58.3 Å². The van der Waals surface area contributed by atoms with Gasteiger partial charge in [-0.2, -0.15) is 11.8 Å². The summed E-state index contributed by atoms with van der Waals surface area (Å²) in [5.41, 5.74) is 0. The minimum absolute atomic E-state index is 0.00173. The molecule has 4 atom stereocenters. The van der Waals surface area contributed by atoms with E-state index in [2.05, 4.69) is 34.2 Å². The van der Waals surface area contributed by atoms with Gasteiger partial charge in [0.2, 0.25) is 0 Å². The topological polar surface area (TPSA) is 70.7 Å².